The number of nitrogens with one attached hydrogen (secondary N) is 1. The van der Waals surface area contributed by atoms with Crippen LogP contribution in [0.5, 0.6) is 0 Å². The van der Waals surface area contributed by atoms with Crippen LogP contribution in [-0.4, -0.2) is 30.5 Å². The van der Waals surface area contributed by atoms with Crippen molar-refractivity contribution in [1.82, 2.24) is 5.32 Å². The van der Waals surface area contributed by atoms with Gasteiger partial charge in [0.15, 0.2) is 0 Å². The number of hydrogen-bond donors (Lipinski definition) is 2. The highest BCUT2D eigenvalue weighted by atomic mass is 35.5. The number of carbonyl (C=O) groups excluding carboxylic acids is 1. The fourth-order valence-corrected chi connectivity index (χ4v) is 3.30. The largest absolute Gasteiger partial charge is 0.354 e. The molecular weight excluding hydrogens is 292 g/mol. The zero-order valence-corrected chi connectivity index (χ0v) is 14.7. The van der Waals surface area contributed by atoms with Crippen molar-refractivity contribution in [3.8, 4) is 0 Å². The minimum Gasteiger partial charge on any atom is -0.354 e. The lowest BCUT2D eigenvalue weighted by molar-refractivity contribution is -0.122. The number of amides is 1. The van der Waals surface area contributed by atoms with E-state index in [1.54, 1.807) is 11.8 Å². The van der Waals surface area contributed by atoms with E-state index in [4.69, 9.17) is 5.73 Å². The molecule has 120 valence electrons. The highest BCUT2D eigenvalue weighted by Gasteiger charge is 2.24. The van der Waals surface area contributed by atoms with Gasteiger partial charge in [-0.2, -0.15) is 11.8 Å². The fourth-order valence-electron chi connectivity index (χ4n) is 2.81. The van der Waals surface area contributed by atoms with Crippen LogP contribution < -0.4 is 11.1 Å². The second-order valence-corrected chi connectivity index (χ2v) is 7.14. The van der Waals surface area contributed by atoms with Gasteiger partial charge in [0.25, 0.3) is 0 Å². The maximum absolute atomic E-state index is 11.8. The molecule has 1 saturated carbocycles. The molecule has 1 amide bonds. The maximum atomic E-state index is 11.8. The molecular formula is C15H31ClN2OS. The summed E-state index contributed by atoms with van der Waals surface area (Å²) in [5.41, 5.74) is 5.86. The summed E-state index contributed by atoms with van der Waals surface area (Å²) in [7, 11) is 0. The predicted octanol–water partition coefficient (Wildman–Crippen LogP) is 3.07. The number of hydrogen-bond acceptors (Lipinski definition) is 3. The van der Waals surface area contributed by atoms with E-state index in [0.717, 1.165) is 30.6 Å². The molecule has 1 aliphatic carbocycles. The average Bonchev–Trinajstić information content (AvgIpc) is 2.42. The van der Waals surface area contributed by atoms with Crippen LogP contribution in [0, 0.1) is 17.8 Å². The molecule has 20 heavy (non-hydrogen) atoms. The Morgan fingerprint density at radius 3 is 2.40 bits per heavy atom. The van der Waals surface area contributed by atoms with E-state index in [2.05, 4.69) is 19.2 Å². The van der Waals surface area contributed by atoms with Gasteiger partial charge in [-0.1, -0.05) is 13.8 Å². The summed E-state index contributed by atoms with van der Waals surface area (Å²) >= 11 is 1.74. The molecule has 0 saturated heterocycles. The smallest absolute Gasteiger partial charge is 0.236 e. The molecule has 1 fully saturated rings. The van der Waals surface area contributed by atoms with Gasteiger partial charge >= 0.3 is 0 Å². The summed E-state index contributed by atoms with van der Waals surface area (Å²) in [5, 5.41) is 3.03. The third-order valence-electron chi connectivity index (χ3n) is 4.37. The van der Waals surface area contributed by atoms with E-state index in [9.17, 15) is 4.79 Å². The van der Waals surface area contributed by atoms with Gasteiger partial charge in [0.2, 0.25) is 5.91 Å². The molecule has 0 radical (unpaired) electrons. The lowest BCUT2D eigenvalue weighted by atomic mass is 9.77. The third kappa shape index (κ3) is 7.19. The van der Waals surface area contributed by atoms with E-state index >= 15 is 0 Å². The van der Waals surface area contributed by atoms with Crippen LogP contribution in [0.2, 0.25) is 0 Å². The normalized spacial score (nSPS) is 24.1. The summed E-state index contributed by atoms with van der Waals surface area (Å²) < 4.78 is 0. The second kappa shape index (κ2) is 10.7. The quantitative estimate of drug-likeness (QED) is 0.757. The molecule has 5 heteroatoms. The van der Waals surface area contributed by atoms with Gasteiger partial charge in [0.1, 0.15) is 0 Å². The molecule has 1 unspecified atom stereocenters. The molecule has 0 aliphatic heterocycles. The van der Waals surface area contributed by atoms with Crippen LogP contribution in [0.15, 0.2) is 0 Å². The standard InChI is InChI=1S/C15H30N2OS.ClH/c1-11(2)13-6-4-12(5-7-13)10-17-15(18)14(16)8-9-19-3;/h11-14H,4-10,16H2,1-3H3,(H,17,18);1H. The lowest BCUT2D eigenvalue weighted by Crippen LogP contribution is -2.43. The Labute approximate surface area is 134 Å². The summed E-state index contributed by atoms with van der Waals surface area (Å²) in [6.07, 6.45) is 7.95. The number of carbonyl (C=O) groups is 1. The van der Waals surface area contributed by atoms with Crippen molar-refractivity contribution >= 4 is 30.1 Å². The van der Waals surface area contributed by atoms with Crippen LogP contribution >= 0.6 is 24.2 Å². The van der Waals surface area contributed by atoms with Gasteiger partial charge < -0.3 is 11.1 Å². The number of nitrogens with two attached hydrogens (primary N) is 1. The van der Waals surface area contributed by atoms with E-state index in [1.165, 1.54) is 25.7 Å². The predicted molar refractivity (Wildman–Crippen MR) is 91.5 cm³/mol. The van der Waals surface area contributed by atoms with E-state index in [0.29, 0.717) is 5.92 Å². The average molecular weight is 323 g/mol. The zero-order valence-electron chi connectivity index (χ0n) is 13.1. The van der Waals surface area contributed by atoms with Crippen LogP contribution in [0.4, 0.5) is 0 Å². The minimum atomic E-state index is -0.334. The molecule has 3 nitrogen and oxygen atoms in total. The van der Waals surface area contributed by atoms with Gasteiger partial charge in [0.05, 0.1) is 6.04 Å². The van der Waals surface area contributed by atoms with Gasteiger partial charge in [0, 0.05) is 6.54 Å². The minimum absolute atomic E-state index is 0. The number of halogens is 1. The van der Waals surface area contributed by atoms with Crippen LogP contribution in [0.25, 0.3) is 0 Å². The van der Waals surface area contributed by atoms with Gasteiger partial charge in [-0.25, -0.2) is 0 Å². The van der Waals surface area contributed by atoms with Crippen molar-refractivity contribution in [3.05, 3.63) is 0 Å². The molecule has 0 heterocycles. The number of rotatable bonds is 7. The van der Waals surface area contributed by atoms with Crippen molar-refractivity contribution in [2.45, 2.75) is 52.0 Å². The molecule has 1 atom stereocenters. The summed E-state index contributed by atoms with van der Waals surface area (Å²) in [4.78, 5) is 11.8. The highest BCUT2D eigenvalue weighted by Crippen LogP contribution is 2.32. The lowest BCUT2D eigenvalue weighted by Gasteiger charge is -2.31. The third-order valence-corrected chi connectivity index (χ3v) is 5.01. The van der Waals surface area contributed by atoms with E-state index in [-0.39, 0.29) is 24.4 Å². The first-order valence-electron chi connectivity index (χ1n) is 7.56. The van der Waals surface area contributed by atoms with Crippen molar-refractivity contribution in [2.75, 3.05) is 18.6 Å². The Morgan fingerprint density at radius 2 is 1.90 bits per heavy atom. The molecule has 0 spiro atoms. The Bertz CT molecular complexity index is 269. The van der Waals surface area contributed by atoms with Crippen LogP contribution in [-0.2, 0) is 4.79 Å². The summed E-state index contributed by atoms with van der Waals surface area (Å²) in [6.45, 7) is 5.45. The zero-order chi connectivity index (χ0) is 14.3. The second-order valence-electron chi connectivity index (χ2n) is 6.16. The van der Waals surface area contributed by atoms with Crippen molar-refractivity contribution in [1.29, 1.82) is 0 Å². The Morgan fingerprint density at radius 1 is 1.30 bits per heavy atom. The van der Waals surface area contributed by atoms with Gasteiger partial charge in [-0.05, 0) is 61.9 Å². The Balaban J connectivity index is 0.00000361. The summed E-state index contributed by atoms with van der Waals surface area (Å²) in [5.74, 6) is 3.33. The SMILES string of the molecule is CSCCC(N)C(=O)NCC1CCC(C(C)C)CC1.Cl. The van der Waals surface area contributed by atoms with E-state index in [1.807, 2.05) is 6.26 Å². The molecule has 0 bridgehead atoms. The monoisotopic (exact) mass is 322 g/mol. The molecule has 0 aromatic rings. The fraction of sp³-hybridized carbons (Fsp3) is 0.933. The van der Waals surface area contributed by atoms with Crippen molar-refractivity contribution < 1.29 is 4.79 Å². The first-order valence-corrected chi connectivity index (χ1v) is 8.96. The summed E-state index contributed by atoms with van der Waals surface area (Å²) in [6, 6.07) is -0.334. The van der Waals surface area contributed by atoms with E-state index < -0.39 is 0 Å². The van der Waals surface area contributed by atoms with Crippen molar-refractivity contribution in [2.24, 2.45) is 23.5 Å². The van der Waals surface area contributed by atoms with Gasteiger partial charge in [-0.15, -0.1) is 12.4 Å². The molecule has 1 aliphatic rings. The Kier molecular flexibility index (Phi) is 10.8. The van der Waals surface area contributed by atoms with Gasteiger partial charge in [-0.3, -0.25) is 4.79 Å². The molecule has 1 rings (SSSR count). The molecule has 3 N–H and O–H groups in total. The number of thioether (sulfide) groups is 1. The van der Waals surface area contributed by atoms with Crippen LogP contribution in [0.3, 0.4) is 0 Å². The molecule has 0 aromatic carbocycles. The van der Waals surface area contributed by atoms with Crippen molar-refractivity contribution in [3.63, 3.8) is 0 Å². The first-order chi connectivity index (χ1) is 9.04. The molecule has 0 aromatic heterocycles. The Hall–Kier alpha value is 0.0700. The van der Waals surface area contributed by atoms with Crippen LogP contribution in [0.1, 0.15) is 46.0 Å². The maximum Gasteiger partial charge on any atom is 0.236 e. The topological polar surface area (TPSA) is 55.1 Å². The highest BCUT2D eigenvalue weighted by molar-refractivity contribution is 7.98. The first kappa shape index (κ1) is 20.1.